The summed E-state index contributed by atoms with van der Waals surface area (Å²) in [6.45, 7) is 0. The summed E-state index contributed by atoms with van der Waals surface area (Å²) < 4.78 is 8.82. The smallest absolute Gasteiger partial charge is 0.136 e. The minimum absolute atomic E-state index is 0.883. The number of fused-ring (bicyclic) bond motifs is 7. The second kappa shape index (κ2) is 12.2. The molecule has 0 fully saturated rings. The van der Waals surface area contributed by atoms with E-state index in [0.717, 1.165) is 66.5 Å². The standard InChI is InChI=1S/C51H32N2O/c1-3-12-33(13-4-1)42-32-46(52-45-19-9-7-16-40(42)45)35-24-22-34(23-25-35)39-18-11-21-50-51(39)44-31-37(27-29-49(44)54-50)36-26-28-48-43(30-36)41-17-8-10-20-47(41)53(48)38-14-5-2-6-15-38/h1-32H. The molecule has 0 spiro atoms. The first-order chi connectivity index (χ1) is 26.8. The van der Waals surface area contributed by atoms with Gasteiger partial charge in [-0.25, -0.2) is 4.98 Å². The number of hydrogen-bond acceptors (Lipinski definition) is 2. The Bertz CT molecular complexity index is 3190. The molecular weight excluding hydrogens is 657 g/mol. The van der Waals surface area contributed by atoms with E-state index in [9.17, 15) is 0 Å². The van der Waals surface area contributed by atoms with Gasteiger partial charge in [0.15, 0.2) is 0 Å². The lowest BCUT2D eigenvalue weighted by molar-refractivity contribution is 0.669. The minimum atomic E-state index is 0.883. The highest BCUT2D eigenvalue weighted by atomic mass is 16.3. The van der Waals surface area contributed by atoms with Crippen LogP contribution in [0.5, 0.6) is 0 Å². The van der Waals surface area contributed by atoms with Crippen molar-refractivity contribution in [1.29, 1.82) is 0 Å². The summed E-state index contributed by atoms with van der Waals surface area (Å²) in [4.78, 5) is 5.09. The molecule has 0 unspecified atom stereocenters. The number of aromatic nitrogens is 2. The average Bonchev–Trinajstić information content (AvgIpc) is 3.79. The largest absolute Gasteiger partial charge is 0.456 e. The third-order valence-corrected chi connectivity index (χ3v) is 10.8. The summed E-state index contributed by atoms with van der Waals surface area (Å²) in [7, 11) is 0. The lowest BCUT2D eigenvalue weighted by Gasteiger charge is -2.11. The fourth-order valence-electron chi connectivity index (χ4n) is 8.26. The second-order valence-corrected chi connectivity index (χ2v) is 13.9. The van der Waals surface area contributed by atoms with E-state index in [1.54, 1.807) is 0 Å². The number of para-hydroxylation sites is 3. The van der Waals surface area contributed by atoms with Crippen LogP contribution in [0.3, 0.4) is 0 Å². The molecule has 11 rings (SSSR count). The van der Waals surface area contributed by atoms with Crippen LogP contribution in [-0.4, -0.2) is 9.55 Å². The Labute approximate surface area is 312 Å². The van der Waals surface area contributed by atoms with Gasteiger partial charge in [-0.05, 0) is 94.0 Å². The Morgan fingerprint density at radius 2 is 1.00 bits per heavy atom. The zero-order valence-corrected chi connectivity index (χ0v) is 29.3. The Hall–Kier alpha value is -7.23. The number of pyridine rings is 1. The molecular formula is C51H32N2O. The first-order valence-electron chi connectivity index (χ1n) is 18.4. The zero-order valence-electron chi connectivity index (χ0n) is 29.3. The van der Waals surface area contributed by atoms with Crippen LogP contribution in [0.2, 0.25) is 0 Å². The van der Waals surface area contributed by atoms with Gasteiger partial charge in [-0.3, -0.25) is 0 Å². The number of nitrogens with zero attached hydrogens (tertiary/aromatic N) is 2. The van der Waals surface area contributed by atoms with Crippen LogP contribution >= 0.6 is 0 Å². The molecule has 0 radical (unpaired) electrons. The van der Waals surface area contributed by atoms with Gasteiger partial charge in [0.05, 0.1) is 22.2 Å². The zero-order chi connectivity index (χ0) is 35.6. The van der Waals surface area contributed by atoms with Crippen molar-refractivity contribution in [2.75, 3.05) is 0 Å². The summed E-state index contributed by atoms with van der Waals surface area (Å²) in [5.74, 6) is 0. The average molecular weight is 689 g/mol. The highest BCUT2D eigenvalue weighted by molar-refractivity contribution is 6.14. The van der Waals surface area contributed by atoms with Crippen LogP contribution in [0, 0.1) is 0 Å². The van der Waals surface area contributed by atoms with Gasteiger partial charge in [0, 0.05) is 38.2 Å². The van der Waals surface area contributed by atoms with Gasteiger partial charge < -0.3 is 8.98 Å². The number of benzene rings is 8. The summed E-state index contributed by atoms with van der Waals surface area (Å²) in [5.41, 5.74) is 15.3. The summed E-state index contributed by atoms with van der Waals surface area (Å²) in [6.07, 6.45) is 0. The van der Waals surface area contributed by atoms with Crippen LogP contribution in [0.4, 0.5) is 0 Å². The minimum Gasteiger partial charge on any atom is -0.456 e. The van der Waals surface area contributed by atoms with Gasteiger partial charge in [-0.15, -0.1) is 0 Å². The van der Waals surface area contributed by atoms with Crippen LogP contribution in [0.15, 0.2) is 199 Å². The summed E-state index contributed by atoms with van der Waals surface area (Å²) in [6, 6.07) is 69.0. The fraction of sp³-hybridized carbons (Fsp3) is 0. The topological polar surface area (TPSA) is 31.0 Å². The van der Waals surface area contributed by atoms with E-state index in [4.69, 9.17) is 9.40 Å². The van der Waals surface area contributed by atoms with Gasteiger partial charge in [-0.1, -0.05) is 133 Å². The number of furan rings is 1. The molecule has 0 amide bonds. The van der Waals surface area contributed by atoms with Crippen LogP contribution in [-0.2, 0) is 0 Å². The normalized spacial score (nSPS) is 11.7. The molecule has 3 nitrogen and oxygen atoms in total. The molecule has 0 aliphatic heterocycles. The van der Waals surface area contributed by atoms with E-state index < -0.39 is 0 Å². The van der Waals surface area contributed by atoms with Crippen molar-refractivity contribution in [2.24, 2.45) is 0 Å². The van der Waals surface area contributed by atoms with Crippen molar-refractivity contribution in [2.45, 2.75) is 0 Å². The molecule has 54 heavy (non-hydrogen) atoms. The molecule has 0 aliphatic rings. The first kappa shape index (κ1) is 30.4. The number of hydrogen-bond donors (Lipinski definition) is 0. The monoisotopic (exact) mass is 688 g/mol. The van der Waals surface area contributed by atoms with Crippen molar-refractivity contribution < 1.29 is 4.42 Å². The highest BCUT2D eigenvalue weighted by Crippen LogP contribution is 2.41. The van der Waals surface area contributed by atoms with Crippen molar-refractivity contribution in [1.82, 2.24) is 9.55 Å². The Morgan fingerprint density at radius 1 is 0.370 bits per heavy atom. The van der Waals surface area contributed by atoms with Gasteiger partial charge in [0.25, 0.3) is 0 Å². The molecule has 252 valence electrons. The lowest BCUT2D eigenvalue weighted by Crippen LogP contribution is -1.92. The van der Waals surface area contributed by atoms with Gasteiger partial charge >= 0.3 is 0 Å². The van der Waals surface area contributed by atoms with Crippen molar-refractivity contribution in [3.8, 4) is 50.3 Å². The van der Waals surface area contributed by atoms with Crippen LogP contribution in [0.1, 0.15) is 0 Å². The molecule has 0 atom stereocenters. The Kier molecular flexibility index (Phi) is 6.86. The molecule has 0 saturated heterocycles. The van der Waals surface area contributed by atoms with Crippen molar-refractivity contribution in [3.05, 3.63) is 194 Å². The Balaban J connectivity index is 1.01. The van der Waals surface area contributed by atoms with Gasteiger partial charge in [0.2, 0.25) is 0 Å². The molecule has 8 aromatic carbocycles. The third kappa shape index (κ3) is 4.87. The SMILES string of the molecule is c1ccc(-c2cc(-c3ccc(-c4cccc5oc6ccc(-c7ccc8c(c7)c7ccccc7n8-c7ccccc7)cc6c45)cc3)nc3ccccc23)cc1. The van der Waals surface area contributed by atoms with E-state index in [2.05, 4.69) is 199 Å². The molecule has 3 heteroatoms. The predicted molar refractivity (Wildman–Crippen MR) is 225 cm³/mol. The summed E-state index contributed by atoms with van der Waals surface area (Å²) in [5, 5.41) is 5.87. The maximum absolute atomic E-state index is 6.46. The van der Waals surface area contributed by atoms with Crippen molar-refractivity contribution >= 4 is 54.6 Å². The maximum Gasteiger partial charge on any atom is 0.136 e. The van der Waals surface area contributed by atoms with E-state index in [1.807, 2.05) is 0 Å². The van der Waals surface area contributed by atoms with Crippen LogP contribution < -0.4 is 0 Å². The van der Waals surface area contributed by atoms with E-state index >= 15 is 0 Å². The van der Waals surface area contributed by atoms with Crippen LogP contribution in [0.25, 0.3) is 105 Å². The van der Waals surface area contributed by atoms with Crippen molar-refractivity contribution in [3.63, 3.8) is 0 Å². The van der Waals surface area contributed by atoms with E-state index in [-0.39, 0.29) is 0 Å². The lowest BCUT2D eigenvalue weighted by atomic mass is 9.95. The first-order valence-corrected chi connectivity index (χ1v) is 18.4. The molecule has 3 aromatic heterocycles. The molecule has 11 aromatic rings. The molecule has 0 saturated carbocycles. The molecule has 3 heterocycles. The fourth-order valence-corrected chi connectivity index (χ4v) is 8.26. The predicted octanol–water partition coefficient (Wildman–Crippen LogP) is 13.9. The van der Waals surface area contributed by atoms with Gasteiger partial charge in [-0.2, -0.15) is 0 Å². The van der Waals surface area contributed by atoms with E-state index in [0.29, 0.717) is 0 Å². The van der Waals surface area contributed by atoms with E-state index in [1.165, 1.54) is 38.5 Å². The van der Waals surface area contributed by atoms with Gasteiger partial charge in [0.1, 0.15) is 11.2 Å². The number of rotatable bonds is 5. The third-order valence-electron chi connectivity index (χ3n) is 10.8. The maximum atomic E-state index is 6.46. The highest BCUT2D eigenvalue weighted by Gasteiger charge is 2.17. The second-order valence-electron chi connectivity index (χ2n) is 13.9. The molecule has 0 aliphatic carbocycles. The molecule has 0 bridgehead atoms. The summed E-state index contributed by atoms with van der Waals surface area (Å²) >= 11 is 0. The molecule has 0 N–H and O–H groups in total. The Morgan fingerprint density at radius 3 is 1.83 bits per heavy atom. The quantitative estimate of drug-likeness (QED) is 0.180.